The number of hydrogen-bond acceptors (Lipinski definition) is 3. The van der Waals surface area contributed by atoms with Gasteiger partial charge in [0.2, 0.25) is 0 Å². The Morgan fingerprint density at radius 2 is 2.12 bits per heavy atom. The molecule has 0 aliphatic rings. The monoisotopic (exact) mass is 216 g/mol. The summed E-state index contributed by atoms with van der Waals surface area (Å²) in [7, 11) is 0. The van der Waals surface area contributed by atoms with Crippen molar-refractivity contribution < 1.29 is 9.53 Å². The smallest absolute Gasteiger partial charge is 0.170 e. The number of imidazole rings is 1. The Balaban J connectivity index is 2.23. The zero-order valence-corrected chi connectivity index (χ0v) is 8.96. The van der Waals surface area contributed by atoms with E-state index < -0.39 is 0 Å². The van der Waals surface area contributed by atoms with Crippen LogP contribution in [0.2, 0.25) is 0 Å². The third-order valence-electron chi connectivity index (χ3n) is 2.17. The molecule has 0 spiro atoms. The van der Waals surface area contributed by atoms with Crippen molar-refractivity contribution in [2.45, 2.75) is 6.92 Å². The van der Waals surface area contributed by atoms with Gasteiger partial charge in [-0.25, -0.2) is 4.98 Å². The van der Waals surface area contributed by atoms with Crippen molar-refractivity contribution in [1.29, 1.82) is 0 Å². The predicted octanol–water partition coefficient (Wildman–Crippen LogP) is 2.08. The Morgan fingerprint density at radius 1 is 1.38 bits per heavy atom. The van der Waals surface area contributed by atoms with Crippen LogP contribution >= 0.6 is 0 Å². The standard InChI is InChI=1S/C12H12N2O2/c1-2-16-12-5-3-11(4-6-12)14-7-10(8-15)13-9-14/h3-9H,2H2,1H3. The van der Waals surface area contributed by atoms with Crippen LogP contribution in [0, 0.1) is 0 Å². The Hall–Kier alpha value is -2.10. The molecule has 1 aromatic carbocycles. The molecule has 82 valence electrons. The highest BCUT2D eigenvalue weighted by Crippen LogP contribution is 2.15. The number of hydrogen-bond donors (Lipinski definition) is 0. The number of aromatic nitrogens is 2. The van der Waals surface area contributed by atoms with Crippen molar-refractivity contribution in [3.05, 3.63) is 42.5 Å². The van der Waals surface area contributed by atoms with Gasteiger partial charge in [-0.2, -0.15) is 0 Å². The fourth-order valence-electron chi connectivity index (χ4n) is 1.42. The average Bonchev–Trinajstić information content (AvgIpc) is 2.79. The molecule has 1 aromatic heterocycles. The zero-order chi connectivity index (χ0) is 11.4. The number of carbonyl (C=O) groups is 1. The second-order valence-corrected chi connectivity index (χ2v) is 3.25. The van der Waals surface area contributed by atoms with Gasteiger partial charge in [0, 0.05) is 11.9 Å². The average molecular weight is 216 g/mol. The summed E-state index contributed by atoms with van der Waals surface area (Å²) in [5.74, 6) is 0.835. The van der Waals surface area contributed by atoms with Crippen molar-refractivity contribution in [3.8, 4) is 11.4 Å². The molecular weight excluding hydrogens is 204 g/mol. The summed E-state index contributed by atoms with van der Waals surface area (Å²) < 4.78 is 7.13. The topological polar surface area (TPSA) is 44.1 Å². The minimum atomic E-state index is 0.425. The van der Waals surface area contributed by atoms with Crippen molar-refractivity contribution in [3.63, 3.8) is 0 Å². The summed E-state index contributed by atoms with van der Waals surface area (Å²) in [6, 6.07) is 7.61. The van der Waals surface area contributed by atoms with E-state index in [0.29, 0.717) is 12.3 Å². The lowest BCUT2D eigenvalue weighted by atomic mass is 10.3. The van der Waals surface area contributed by atoms with E-state index in [4.69, 9.17) is 4.74 Å². The summed E-state index contributed by atoms with van der Waals surface area (Å²) in [6.45, 7) is 2.60. The molecule has 16 heavy (non-hydrogen) atoms. The molecule has 0 saturated heterocycles. The molecule has 0 amide bonds. The van der Waals surface area contributed by atoms with Gasteiger partial charge in [-0.05, 0) is 31.2 Å². The first-order valence-electron chi connectivity index (χ1n) is 5.06. The van der Waals surface area contributed by atoms with Gasteiger partial charge < -0.3 is 9.30 Å². The molecule has 2 rings (SSSR count). The first-order chi connectivity index (χ1) is 7.83. The van der Waals surface area contributed by atoms with Crippen LogP contribution in [0.4, 0.5) is 0 Å². The molecule has 1 heterocycles. The molecule has 0 unspecified atom stereocenters. The largest absolute Gasteiger partial charge is 0.494 e. The maximum absolute atomic E-state index is 10.5. The first kappa shape index (κ1) is 10.4. The van der Waals surface area contributed by atoms with Crippen molar-refractivity contribution in [2.24, 2.45) is 0 Å². The SMILES string of the molecule is CCOc1ccc(-n2cnc(C=O)c2)cc1. The third kappa shape index (κ3) is 2.11. The van der Waals surface area contributed by atoms with Crippen LogP contribution in [0.5, 0.6) is 5.75 Å². The number of benzene rings is 1. The molecule has 0 radical (unpaired) electrons. The van der Waals surface area contributed by atoms with E-state index in [1.807, 2.05) is 31.2 Å². The number of ether oxygens (including phenoxy) is 1. The van der Waals surface area contributed by atoms with Crippen LogP contribution in [0.3, 0.4) is 0 Å². The van der Waals surface area contributed by atoms with E-state index in [-0.39, 0.29) is 0 Å². The molecule has 4 heteroatoms. The summed E-state index contributed by atoms with van der Waals surface area (Å²) in [6.07, 6.45) is 4.02. The van der Waals surface area contributed by atoms with Crippen LogP contribution < -0.4 is 4.74 Å². The molecule has 0 aliphatic heterocycles. The maximum Gasteiger partial charge on any atom is 0.170 e. The molecular formula is C12H12N2O2. The quantitative estimate of drug-likeness (QED) is 0.735. The second kappa shape index (κ2) is 4.61. The van der Waals surface area contributed by atoms with Crippen LogP contribution in [-0.4, -0.2) is 22.4 Å². The molecule has 0 N–H and O–H groups in total. The Morgan fingerprint density at radius 3 is 2.69 bits per heavy atom. The summed E-state index contributed by atoms with van der Waals surface area (Å²) in [5, 5.41) is 0. The lowest BCUT2D eigenvalue weighted by Crippen LogP contribution is -1.93. The molecule has 4 nitrogen and oxygen atoms in total. The lowest BCUT2D eigenvalue weighted by molar-refractivity contribution is 0.111. The van der Waals surface area contributed by atoms with Crippen LogP contribution in [-0.2, 0) is 0 Å². The van der Waals surface area contributed by atoms with Gasteiger partial charge in [0.1, 0.15) is 17.8 Å². The van der Waals surface area contributed by atoms with Gasteiger partial charge in [0.25, 0.3) is 0 Å². The second-order valence-electron chi connectivity index (χ2n) is 3.25. The Bertz CT molecular complexity index is 474. The summed E-state index contributed by atoms with van der Waals surface area (Å²) >= 11 is 0. The fraction of sp³-hybridized carbons (Fsp3) is 0.167. The summed E-state index contributed by atoms with van der Waals surface area (Å²) in [5.41, 5.74) is 1.37. The van der Waals surface area contributed by atoms with E-state index in [1.54, 1.807) is 17.1 Å². The predicted molar refractivity (Wildman–Crippen MR) is 60.1 cm³/mol. The zero-order valence-electron chi connectivity index (χ0n) is 8.96. The van der Waals surface area contributed by atoms with E-state index >= 15 is 0 Å². The molecule has 0 saturated carbocycles. The molecule has 0 atom stereocenters. The number of rotatable bonds is 4. The normalized spacial score (nSPS) is 10.1. The van der Waals surface area contributed by atoms with Gasteiger partial charge in [0.15, 0.2) is 6.29 Å². The minimum Gasteiger partial charge on any atom is -0.494 e. The van der Waals surface area contributed by atoms with Gasteiger partial charge in [-0.1, -0.05) is 0 Å². The summed E-state index contributed by atoms with van der Waals surface area (Å²) in [4.78, 5) is 14.4. The first-order valence-corrected chi connectivity index (χ1v) is 5.06. The third-order valence-corrected chi connectivity index (χ3v) is 2.17. The van der Waals surface area contributed by atoms with Crippen LogP contribution in [0.25, 0.3) is 5.69 Å². The van der Waals surface area contributed by atoms with Crippen molar-refractivity contribution in [1.82, 2.24) is 9.55 Å². The van der Waals surface area contributed by atoms with Crippen molar-refractivity contribution >= 4 is 6.29 Å². The van der Waals surface area contributed by atoms with Gasteiger partial charge in [-0.15, -0.1) is 0 Å². The van der Waals surface area contributed by atoms with Gasteiger partial charge >= 0.3 is 0 Å². The van der Waals surface area contributed by atoms with Gasteiger partial charge in [0.05, 0.1) is 6.61 Å². The van der Waals surface area contributed by atoms with E-state index in [1.165, 1.54) is 0 Å². The maximum atomic E-state index is 10.5. The lowest BCUT2D eigenvalue weighted by Gasteiger charge is -2.05. The number of aldehydes is 1. The highest BCUT2D eigenvalue weighted by atomic mass is 16.5. The molecule has 0 bridgehead atoms. The highest BCUT2D eigenvalue weighted by Gasteiger charge is 1.99. The van der Waals surface area contributed by atoms with E-state index in [9.17, 15) is 4.79 Å². The fourth-order valence-corrected chi connectivity index (χ4v) is 1.42. The minimum absolute atomic E-state index is 0.425. The van der Waals surface area contributed by atoms with Crippen LogP contribution in [0.1, 0.15) is 17.4 Å². The molecule has 0 aliphatic carbocycles. The van der Waals surface area contributed by atoms with E-state index in [0.717, 1.165) is 17.7 Å². The Labute approximate surface area is 93.5 Å². The molecule has 0 fully saturated rings. The highest BCUT2D eigenvalue weighted by molar-refractivity contribution is 5.71. The number of carbonyl (C=O) groups excluding carboxylic acids is 1. The number of nitrogens with zero attached hydrogens (tertiary/aromatic N) is 2. The molecule has 2 aromatic rings. The van der Waals surface area contributed by atoms with E-state index in [2.05, 4.69) is 4.98 Å². The van der Waals surface area contributed by atoms with Gasteiger partial charge in [-0.3, -0.25) is 4.79 Å². The Kier molecular flexibility index (Phi) is 3.00. The van der Waals surface area contributed by atoms with Crippen molar-refractivity contribution in [2.75, 3.05) is 6.61 Å². The van der Waals surface area contributed by atoms with Crippen LogP contribution in [0.15, 0.2) is 36.8 Å².